The SMILES string of the molecule is CCC(C)C(NC(=O)C(CS)NC(=O)C(C)NC(=O)CN)C(=O)O. The smallest absolute Gasteiger partial charge is 0.326 e. The summed E-state index contributed by atoms with van der Waals surface area (Å²) in [5.74, 6) is -3.20. The number of hydrogen-bond acceptors (Lipinski definition) is 6. The van der Waals surface area contributed by atoms with Gasteiger partial charge in [-0.25, -0.2) is 4.79 Å². The van der Waals surface area contributed by atoms with Crippen molar-refractivity contribution in [2.45, 2.75) is 45.3 Å². The first-order valence-electron chi connectivity index (χ1n) is 7.61. The van der Waals surface area contributed by atoms with Gasteiger partial charge in [0.2, 0.25) is 17.7 Å². The molecule has 0 rings (SSSR count). The lowest BCUT2D eigenvalue weighted by Gasteiger charge is -2.24. The van der Waals surface area contributed by atoms with Gasteiger partial charge in [0.1, 0.15) is 18.1 Å². The molecule has 0 fully saturated rings. The fraction of sp³-hybridized carbons (Fsp3) is 0.714. The van der Waals surface area contributed by atoms with Crippen LogP contribution < -0.4 is 21.7 Å². The zero-order chi connectivity index (χ0) is 18.9. The Kier molecular flexibility index (Phi) is 10.0. The number of rotatable bonds is 10. The van der Waals surface area contributed by atoms with Gasteiger partial charge in [-0.1, -0.05) is 20.3 Å². The first kappa shape index (κ1) is 22.2. The molecule has 24 heavy (non-hydrogen) atoms. The summed E-state index contributed by atoms with van der Waals surface area (Å²) in [6.45, 7) is 4.70. The highest BCUT2D eigenvalue weighted by Crippen LogP contribution is 2.08. The minimum Gasteiger partial charge on any atom is -0.480 e. The van der Waals surface area contributed by atoms with Gasteiger partial charge >= 0.3 is 5.97 Å². The predicted molar refractivity (Wildman–Crippen MR) is 91.5 cm³/mol. The van der Waals surface area contributed by atoms with Gasteiger partial charge in [-0.2, -0.15) is 12.6 Å². The molecule has 0 bridgehead atoms. The normalized spacial score (nSPS) is 15.5. The fourth-order valence-electron chi connectivity index (χ4n) is 1.79. The van der Waals surface area contributed by atoms with Gasteiger partial charge in [-0.15, -0.1) is 0 Å². The molecule has 0 aliphatic heterocycles. The Labute approximate surface area is 146 Å². The van der Waals surface area contributed by atoms with E-state index in [2.05, 4.69) is 28.6 Å². The van der Waals surface area contributed by atoms with Crippen molar-refractivity contribution in [3.63, 3.8) is 0 Å². The van der Waals surface area contributed by atoms with Crippen LogP contribution in [0.4, 0.5) is 0 Å². The maximum absolute atomic E-state index is 12.2. The van der Waals surface area contributed by atoms with E-state index >= 15 is 0 Å². The van der Waals surface area contributed by atoms with Crippen molar-refractivity contribution in [2.24, 2.45) is 11.7 Å². The highest BCUT2D eigenvalue weighted by Gasteiger charge is 2.29. The summed E-state index contributed by atoms with van der Waals surface area (Å²) < 4.78 is 0. The molecule has 138 valence electrons. The number of aliphatic carboxylic acids is 1. The minimum atomic E-state index is -1.15. The fourth-order valence-corrected chi connectivity index (χ4v) is 2.05. The van der Waals surface area contributed by atoms with E-state index in [0.717, 1.165) is 0 Å². The monoisotopic (exact) mass is 362 g/mol. The molecule has 0 spiro atoms. The standard InChI is InChI=1S/C14H26N4O5S/c1-4-7(2)11(14(22)23)18-13(21)9(6-24)17-12(20)8(3)16-10(19)5-15/h7-9,11,24H,4-6,15H2,1-3H3,(H,16,19)(H,17,20)(H,18,21)(H,22,23). The minimum absolute atomic E-state index is 0.0258. The molecule has 0 aromatic rings. The van der Waals surface area contributed by atoms with Crippen LogP contribution in [-0.2, 0) is 19.2 Å². The Bertz CT molecular complexity index is 474. The summed E-state index contributed by atoms with van der Waals surface area (Å²) in [5, 5.41) is 16.4. The lowest BCUT2D eigenvalue weighted by molar-refractivity contribution is -0.143. The summed E-state index contributed by atoms with van der Waals surface area (Å²) in [6, 6.07) is -2.97. The molecule has 4 unspecified atom stereocenters. The molecule has 4 atom stereocenters. The van der Waals surface area contributed by atoms with Gasteiger partial charge in [0, 0.05) is 5.75 Å². The molecule has 6 N–H and O–H groups in total. The molecule has 0 saturated carbocycles. The summed E-state index contributed by atoms with van der Waals surface area (Å²) >= 11 is 4.00. The lowest BCUT2D eigenvalue weighted by atomic mass is 9.99. The van der Waals surface area contributed by atoms with Crippen molar-refractivity contribution in [3.8, 4) is 0 Å². The maximum atomic E-state index is 12.2. The number of hydrogen-bond donors (Lipinski definition) is 6. The van der Waals surface area contributed by atoms with E-state index in [-0.39, 0.29) is 18.2 Å². The molecule has 0 aromatic heterocycles. The molecular weight excluding hydrogens is 336 g/mol. The van der Waals surface area contributed by atoms with Crippen LogP contribution in [0.1, 0.15) is 27.2 Å². The topological polar surface area (TPSA) is 151 Å². The van der Waals surface area contributed by atoms with Crippen LogP contribution in [-0.4, -0.2) is 59.2 Å². The Hall–Kier alpha value is -1.81. The van der Waals surface area contributed by atoms with Crippen molar-refractivity contribution in [1.29, 1.82) is 0 Å². The summed E-state index contributed by atoms with van der Waals surface area (Å²) in [5.41, 5.74) is 5.15. The molecular formula is C14H26N4O5S. The van der Waals surface area contributed by atoms with Gasteiger partial charge in [0.15, 0.2) is 0 Å². The van der Waals surface area contributed by atoms with E-state index in [1.807, 2.05) is 6.92 Å². The Morgan fingerprint density at radius 3 is 2.08 bits per heavy atom. The van der Waals surface area contributed by atoms with Crippen LogP contribution in [0.5, 0.6) is 0 Å². The third-order valence-electron chi connectivity index (χ3n) is 3.55. The van der Waals surface area contributed by atoms with Crippen molar-refractivity contribution in [3.05, 3.63) is 0 Å². The molecule has 3 amide bonds. The Balaban J connectivity index is 4.82. The van der Waals surface area contributed by atoms with E-state index in [9.17, 15) is 24.3 Å². The van der Waals surface area contributed by atoms with Crippen molar-refractivity contribution in [2.75, 3.05) is 12.3 Å². The second kappa shape index (κ2) is 10.9. The van der Waals surface area contributed by atoms with E-state index in [4.69, 9.17) is 5.73 Å². The molecule has 0 saturated heterocycles. The first-order valence-corrected chi connectivity index (χ1v) is 8.24. The second-order valence-electron chi connectivity index (χ2n) is 5.45. The van der Waals surface area contributed by atoms with Crippen LogP contribution in [0.3, 0.4) is 0 Å². The number of nitrogens with one attached hydrogen (secondary N) is 3. The number of carbonyl (C=O) groups is 4. The van der Waals surface area contributed by atoms with Crippen LogP contribution >= 0.6 is 12.6 Å². The van der Waals surface area contributed by atoms with E-state index in [1.165, 1.54) is 6.92 Å². The average Bonchev–Trinajstić information content (AvgIpc) is 2.55. The highest BCUT2D eigenvalue weighted by atomic mass is 32.1. The molecule has 0 aliphatic rings. The molecule has 10 heteroatoms. The second-order valence-corrected chi connectivity index (χ2v) is 5.81. The number of nitrogens with two attached hydrogens (primary N) is 1. The zero-order valence-corrected chi connectivity index (χ0v) is 14.9. The predicted octanol–water partition coefficient (Wildman–Crippen LogP) is -1.52. The van der Waals surface area contributed by atoms with Gasteiger partial charge in [0.05, 0.1) is 6.54 Å². The first-order chi connectivity index (χ1) is 11.2. The molecule has 0 aromatic carbocycles. The van der Waals surface area contributed by atoms with E-state index in [1.54, 1.807) is 6.92 Å². The number of carbonyl (C=O) groups excluding carboxylic acids is 3. The van der Waals surface area contributed by atoms with E-state index in [0.29, 0.717) is 6.42 Å². The highest BCUT2D eigenvalue weighted by molar-refractivity contribution is 7.80. The van der Waals surface area contributed by atoms with Crippen molar-refractivity contribution >= 4 is 36.3 Å². The Morgan fingerprint density at radius 2 is 1.67 bits per heavy atom. The number of carboxylic acid groups (broad SMARTS) is 1. The molecule has 0 radical (unpaired) electrons. The van der Waals surface area contributed by atoms with Crippen LogP contribution in [0, 0.1) is 5.92 Å². The molecule has 0 aliphatic carbocycles. The lowest BCUT2D eigenvalue weighted by Crippen LogP contribution is -2.57. The van der Waals surface area contributed by atoms with Crippen molar-refractivity contribution < 1.29 is 24.3 Å². The summed E-state index contributed by atoms with van der Waals surface area (Å²) in [7, 11) is 0. The molecule has 0 heterocycles. The number of amides is 3. The number of thiol groups is 1. The quantitative estimate of drug-likeness (QED) is 0.260. The Morgan fingerprint density at radius 1 is 1.08 bits per heavy atom. The van der Waals surface area contributed by atoms with Gasteiger partial charge in [0.25, 0.3) is 0 Å². The zero-order valence-electron chi connectivity index (χ0n) is 14.0. The van der Waals surface area contributed by atoms with Crippen LogP contribution in [0.15, 0.2) is 0 Å². The van der Waals surface area contributed by atoms with Gasteiger partial charge < -0.3 is 26.8 Å². The summed E-state index contributed by atoms with van der Waals surface area (Å²) in [4.78, 5) is 46.6. The van der Waals surface area contributed by atoms with Crippen LogP contribution in [0.2, 0.25) is 0 Å². The van der Waals surface area contributed by atoms with E-state index < -0.39 is 41.8 Å². The number of carboxylic acids is 1. The largest absolute Gasteiger partial charge is 0.480 e. The average molecular weight is 362 g/mol. The van der Waals surface area contributed by atoms with Crippen LogP contribution in [0.25, 0.3) is 0 Å². The summed E-state index contributed by atoms with van der Waals surface area (Å²) in [6.07, 6.45) is 0.567. The van der Waals surface area contributed by atoms with Gasteiger partial charge in [-0.3, -0.25) is 14.4 Å². The third kappa shape index (κ3) is 7.18. The third-order valence-corrected chi connectivity index (χ3v) is 3.91. The maximum Gasteiger partial charge on any atom is 0.326 e. The molecule has 9 nitrogen and oxygen atoms in total. The van der Waals surface area contributed by atoms with Gasteiger partial charge in [-0.05, 0) is 12.8 Å². The van der Waals surface area contributed by atoms with Crippen molar-refractivity contribution in [1.82, 2.24) is 16.0 Å².